The summed E-state index contributed by atoms with van der Waals surface area (Å²) in [5, 5.41) is 0. The highest BCUT2D eigenvalue weighted by atomic mass is 16.5. The highest BCUT2D eigenvalue weighted by Gasteiger charge is 2.34. The average Bonchev–Trinajstić information content (AvgIpc) is 2.83. The van der Waals surface area contributed by atoms with Crippen molar-refractivity contribution in [3.8, 4) is 0 Å². The summed E-state index contributed by atoms with van der Waals surface area (Å²) in [7, 11) is 1.79. The van der Waals surface area contributed by atoms with E-state index in [1.54, 1.807) is 7.11 Å². The maximum absolute atomic E-state index is 6.45. The molecule has 0 aromatic heterocycles. The fourth-order valence-electron chi connectivity index (χ4n) is 4.11. The molecule has 1 saturated heterocycles. The Bertz CT molecular complexity index is 249. The summed E-state index contributed by atoms with van der Waals surface area (Å²) in [5.74, 6) is 1.60. The van der Waals surface area contributed by atoms with Crippen molar-refractivity contribution in [1.29, 1.82) is 0 Å². The molecule has 0 aromatic carbocycles. The van der Waals surface area contributed by atoms with Crippen molar-refractivity contribution in [3.05, 3.63) is 0 Å². The van der Waals surface area contributed by atoms with Crippen LogP contribution in [0.2, 0.25) is 0 Å². The molecular formula is C17H34N2O. The van der Waals surface area contributed by atoms with Gasteiger partial charge in [0.15, 0.2) is 0 Å². The van der Waals surface area contributed by atoms with Crippen LogP contribution >= 0.6 is 0 Å². The fourth-order valence-corrected chi connectivity index (χ4v) is 4.11. The van der Waals surface area contributed by atoms with Crippen molar-refractivity contribution in [2.45, 2.75) is 63.8 Å². The maximum atomic E-state index is 6.45. The first-order valence-corrected chi connectivity index (χ1v) is 8.78. The summed E-state index contributed by atoms with van der Waals surface area (Å²) in [4.78, 5) is 2.51. The van der Waals surface area contributed by atoms with E-state index in [0.29, 0.717) is 6.04 Å². The summed E-state index contributed by atoms with van der Waals surface area (Å²) in [6, 6.07) is 0.389. The summed E-state index contributed by atoms with van der Waals surface area (Å²) in [6.07, 6.45) is 12.9. The second-order valence-corrected chi connectivity index (χ2v) is 6.89. The van der Waals surface area contributed by atoms with Gasteiger partial charge in [-0.3, -0.25) is 4.90 Å². The molecule has 3 nitrogen and oxygen atoms in total. The molecule has 1 saturated carbocycles. The average molecular weight is 282 g/mol. The standard InChI is InChI=1S/C17H34N2O/c1-20-12-11-19-13-16(17(18)14-19)15-9-7-5-3-2-4-6-8-10-15/h15-17H,2-14,18H2,1H3/t16-,17+/m0/s1. The molecule has 20 heavy (non-hydrogen) atoms. The van der Waals surface area contributed by atoms with Gasteiger partial charge in [-0.15, -0.1) is 0 Å². The van der Waals surface area contributed by atoms with Crippen molar-refractivity contribution in [2.75, 3.05) is 33.4 Å². The van der Waals surface area contributed by atoms with Gasteiger partial charge < -0.3 is 10.5 Å². The largest absolute Gasteiger partial charge is 0.383 e. The number of ether oxygens (including phenoxy) is 1. The molecule has 1 heterocycles. The number of rotatable bonds is 4. The Morgan fingerprint density at radius 1 is 0.950 bits per heavy atom. The Morgan fingerprint density at radius 3 is 2.15 bits per heavy atom. The van der Waals surface area contributed by atoms with Crippen LogP contribution in [0.25, 0.3) is 0 Å². The van der Waals surface area contributed by atoms with E-state index in [4.69, 9.17) is 10.5 Å². The zero-order valence-electron chi connectivity index (χ0n) is 13.4. The normalized spacial score (nSPS) is 31.5. The smallest absolute Gasteiger partial charge is 0.0589 e. The lowest BCUT2D eigenvalue weighted by Crippen LogP contribution is -2.34. The van der Waals surface area contributed by atoms with Crippen molar-refractivity contribution in [3.63, 3.8) is 0 Å². The minimum Gasteiger partial charge on any atom is -0.383 e. The van der Waals surface area contributed by atoms with Crippen molar-refractivity contribution < 1.29 is 4.74 Å². The second kappa shape index (κ2) is 9.01. The highest BCUT2D eigenvalue weighted by molar-refractivity contribution is 4.90. The number of hydrogen-bond acceptors (Lipinski definition) is 3. The molecule has 3 heteroatoms. The van der Waals surface area contributed by atoms with E-state index < -0.39 is 0 Å². The quantitative estimate of drug-likeness (QED) is 0.861. The number of hydrogen-bond donors (Lipinski definition) is 1. The van der Waals surface area contributed by atoms with Gasteiger partial charge in [-0.1, -0.05) is 57.8 Å². The Balaban J connectivity index is 1.83. The van der Waals surface area contributed by atoms with E-state index in [-0.39, 0.29) is 0 Å². The van der Waals surface area contributed by atoms with E-state index in [2.05, 4.69) is 4.90 Å². The van der Waals surface area contributed by atoms with Crippen molar-refractivity contribution in [1.82, 2.24) is 4.90 Å². The lowest BCUT2D eigenvalue weighted by molar-refractivity contribution is 0.155. The van der Waals surface area contributed by atoms with E-state index >= 15 is 0 Å². The van der Waals surface area contributed by atoms with Crippen LogP contribution < -0.4 is 5.73 Å². The third kappa shape index (κ3) is 5.01. The number of nitrogens with zero attached hydrogens (tertiary/aromatic N) is 1. The van der Waals surface area contributed by atoms with Crippen LogP contribution in [-0.4, -0.2) is 44.3 Å². The third-order valence-corrected chi connectivity index (χ3v) is 5.35. The first kappa shape index (κ1) is 16.3. The van der Waals surface area contributed by atoms with E-state index in [0.717, 1.165) is 31.5 Å². The molecule has 0 unspecified atom stereocenters. The van der Waals surface area contributed by atoms with Gasteiger partial charge in [0.2, 0.25) is 0 Å². The van der Waals surface area contributed by atoms with Gasteiger partial charge >= 0.3 is 0 Å². The van der Waals surface area contributed by atoms with Gasteiger partial charge in [0.05, 0.1) is 6.61 Å². The Morgan fingerprint density at radius 2 is 1.55 bits per heavy atom. The van der Waals surface area contributed by atoms with Gasteiger partial charge in [0.1, 0.15) is 0 Å². The van der Waals surface area contributed by atoms with Crippen LogP contribution in [0.3, 0.4) is 0 Å². The molecule has 2 N–H and O–H groups in total. The molecule has 0 amide bonds. The van der Waals surface area contributed by atoms with Crippen LogP contribution in [0.4, 0.5) is 0 Å². The first-order chi connectivity index (χ1) is 9.81. The maximum Gasteiger partial charge on any atom is 0.0589 e. The molecule has 2 rings (SSSR count). The van der Waals surface area contributed by atoms with E-state index in [1.165, 1.54) is 64.3 Å². The first-order valence-electron chi connectivity index (χ1n) is 8.78. The van der Waals surface area contributed by atoms with Crippen LogP contribution in [-0.2, 0) is 4.74 Å². The molecule has 1 aliphatic carbocycles. The number of methoxy groups -OCH3 is 1. The van der Waals surface area contributed by atoms with Gasteiger partial charge in [-0.25, -0.2) is 0 Å². The lowest BCUT2D eigenvalue weighted by atomic mass is 9.80. The summed E-state index contributed by atoms with van der Waals surface area (Å²) >= 11 is 0. The predicted octanol–water partition coefficient (Wildman–Crippen LogP) is 3.03. The molecule has 1 aliphatic heterocycles. The lowest BCUT2D eigenvalue weighted by Gasteiger charge is -2.27. The zero-order chi connectivity index (χ0) is 14.2. The summed E-state index contributed by atoms with van der Waals surface area (Å²) < 4.78 is 5.20. The number of likely N-dealkylation sites (tertiary alicyclic amines) is 1. The predicted molar refractivity (Wildman–Crippen MR) is 84.8 cm³/mol. The molecule has 2 aliphatic rings. The van der Waals surface area contributed by atoms with Crippen LogP contribution in [0, 0.1) is 11.8 Å². The highest BCUT2D eigenvalue weighted by Crippen LogP contribution is 2.32. The Hall–Kier alpha value is -0.120. The van der Waals surface area contributed by atoms with Crippen LogP contribution in [0.5, 0.6) is 0 Å². The molecule has 118 valence electrons. The molecule has 0 aromatic rings. The van der Waals surface area contributed by atoms with Crippen molar-refractivity contribution in [2.24, 2.45) is 17.6 Å². The monoisotopic (exact) mass is 282 g/mol. The summed E-state index contributed by atoms with van der Waals surface area (Å²) in [6.45, 7) is 4.16. The van der Waals surface area contributed by atoms with E-state index in [9.17, 15) is 0 Å². The second-order valence-electron chi connectivity index (χ2n) is 6.89. The van der Waals surface area contributed by atoms with Gasteiger partial charge in [0.25, 0.3) is 0 Å². The molecule has 0 spiro atoms. The minimum atomic E-state index is 0.389. The molecule has 0 bridgehead atoms. The van der Waals surface area contributed by atoms with Gasteiger partial charge in [-0.05, 0) is 11.8 Å². The van der Waals surface area contributed by atoms with Gasteiger partial charge in [-0.2, -0.15) is 0 Å². The fraction of sp³-hybridized carbons (Fsp3) is 1.00. The van der Waals surface area contributed by atoms with Crippen molar-refractivity contribution >= 4 is 0 Å². The summed E-state index contributed by atoms with van der Waals surface area (Å²) in [5.41, 5.74) is 6.45. The molecule has 2 atom stereocenters. The van der Waals surface area contributed by atoms with Crippen LogP contribution in [0.15, 0.2) is 0 Å². The molecule has 2 fully saturated rings. The Labute approximate surface area is 125 Å². The SMILES string of the molecule is COCCN1C[C@@H](N)[C@H](C2CCCCCCCCC2)C1. The Kier molecular flexibility index (Phi) is 7.32. The van der Waals surface area contributed by atoms with Gasteiger partial charge in [0, 0.05) is 32.8 Å². The number of nitrogens with two attached hydrogens (primary N) is 1. The topological polar surface area (TPSA) is 38.5 Å². The zero-order valence-corrected chi connectivity index (χ0v) is 13.4. The third-order valence-electron chi connectivity index (χ3n) is 5.35. The van der Waals surface area contributed by atoms with E-state index in [1.807, 2.05) is 0 Å². The molecular weight excluding hydrogens is 248 g/mol. The van der Waals surface area contributed by atoms with Crippen LogP contribution in [0.1, 0.15) is 57.8 Å². The minimum absolute atomic E-state index is 0.389. The molecule has 0 radical (unpaired) electrons.